The predicted octanol–water partition coefficient (Wildman–Crippen LogP) is 0.743. The lowest BCUT2D eigenvalue weighted by Gasteiger charge is -2.39. The van der Waals surface area contributed by atoms with E-state index < -0.39 is 10.1 Å². The van der Waals surface area contributed by atoms with Gasteiger partial charge < -0.3 is 13.5 Å². The summed E-state index contributed by atoms with van der Waals surface area (Å²) in [5, 5.41) is 0. The molecule has 120 valence electrons. The number of nitrogens with zero attached hydrogens (tertiary/aromatic N) is 2. The Balaban J connectivity index is 1.79. The molecule has 0 bridgehead atoms. The van der Waals surface area contributed by atoms with Crippen LogP contribution in [0.15, 0.2) is 17.8 Å². The minimum Gasteiger partial charge on any atom is -0.382 e. The minimum atomic E-state index is -3.53. The average molecular weight is 324 g/mol. The number of fused-ring (bicyclic) bond motifs is 2. The van der Waals surface area contributed by atoms with Crippen LogP contribution >= 0.6 is 0 Å². The van der Waals surface area contributed by atoms with E-state index in [-0.39, 0.29) is 11.8 Å². The fraction of sp³-hybridized carbons (Fsp3) is 0.600. The van der Waals surface area contributed by atoms with Crippen molar-refractivity contribution in [3.8, 4) is 0 Å². The first-order chi connectivity index (χ1) is 10.6. The second-order valence-corrected chi connectivity index (χ2v) is 7.73. The zero-order chi connectivity index (χ0) is 15.3. The van der Waals surface area contributed by atoms with Crippen LogP contribution in [-0.4, -0.2) is 56.0 Å². The van der Waals surface area contributed by atoms with Gasteiger partial charge in [0.15, 0.2) is 5.76 Å². The lowest BCUT2D eigenvalue weighted by molar-refractivity contribution is 0.0257. The van der Waals surface area contributed by atoms with E-state index in [0.29, 0.717) is 19.0 Å². The zero-order valence-corrected chi connectivity index (χ0v) is 13.4. The van der Waals surface area contributed by atoms with Gasteiger partial charge in [-0.05, 0) is 24.5 Å². The van der Waals surface area contributed by atoms with Gasteiger partial charge in [-0.25, -0.2) is 0 Å². The molecule has 1 fully saturated rings. The molecule has 1 unspecified atom stereocenters. The van der Waals surface area contributed by atoms with Crippen LogP contribution < -0.4 is 0 Å². The van der Waals surface area contributed by atoms with Gasteiger partial charge in [-0.1, -0.05) is 0 Å². The molecule has 4 rings (SSSR count). The summed E-state index contributed by atoms with van der Waals surface area (Å²) in [6, 6.07) is 1.88. The molecule has 1 aliphatic carbocycles. The maximum absolute atomic E-state index is 12.3. The molecule has 0 saturated carbocycles. The van der Waals surface area contributed by atoms with Crippen LogP contribution in [0.1, 0.15) is 17.7 Å². The van der Waals surface area contributed by atoms with Crippen molar-refractivity contribution in [2.45, 2.75) is 18.9 Å². The Morgan fingerprint density at radius 3 is 2.77 bits per heavy atom. The minimum absolute atomic E-state index is 0.0496. The summed E-state index contributed by atoms with van der Waals surface area (Å²) in [5.74, 6) is 0.623. The van der Waals surface area contributed by atoms with E-state index in [2.05, 4.69) is 4.90 Å². The van der Waals surface area contributed by atoms with Gasteiger partial charge in [-0.3, -0.25) is 4.90 Å². The number of aromatic nitrogens is 1. The Labute approximate surface area is 130 Å². The van der Waals surface area contributed by atoms with Crippen molar-refractivity contribution in [2.24, 2.45) is 7.05 Å². The predicted molar refractivity (Wildman–Crippen MR) is 81.7 cm³/mol. The molecule has 7 heteroatoms. The molecule has 0 spiro atoms. The maximum Gasteiger partial charge on any atom is 0.311 e. The summed E-state index contributed by atoms with van der Waals surface area (Å²) in [5.41, 5.74) is 3.22. The molecule has 0 aromatic carbocycles. The first-order valence-electron chi connectivity index (χ1n) is 7.67. The normalized spacial score (nSPS) is 28.0. The van der Waals surface area contributed by atoms with Crippen molar-refractivity contribution in [3.63, 3.8) is 0 Å². The molecule has 0 radical (unpaired) electrons. The molecule has 6 nitrogen and oxygen atoms in total. The Morgan fingerprint density at radius 1 is 1.23 bits per heavy atom. The van der Waals surface area contributed by atoms with E-state index in [9.17, 15) is 8.42 Å². The van der Waals surface area contributed by atoms with Gasteiger partial charge in [0.25, 0.3) is 0 Å². The third-order valence-electron chi connectivity index (χ3n) is 4.83. The van der Waals surface area contributed by atoms with Gasteiger partial charge >= 0.3 is 10.1 Å². The molecular weight excluding hydrogens is 304 g/mol. The number of rotatable bonds is 1. The molecule has 0 N–H and O–H groups in total. The Hall–Kier alpha value is -1.31. The van der Waals surface area contributed by atoms with Crippen LogP contribution in [0.3, 0.4) is 0 Å². The number of hydrogen-bond donors (Lipinski definition) is 0. The highest BCUT2D eigenvalue weighted by atomic mass is 32.2. The van der Waals surface area contributed by atoms with Crippen molar-refractivity contribution in [2.75, 3.05) is 32.1 Å². The number of morpholine rings is 1. The highest BCUT2D eigenvalue weighted by Gasteiger charge is 2.40. The van der Waals surface area contributed by atoms with E-state index in [4.69, 9.17) is 8.92 Å². The first kappa shape index (κ1) is 14.3. The highest BCUT2D eigenvalue weighted by molar-refractivity contribution is 7.87. The number of ether oxygens (including phenoxy) is 1. The fourth-order valence-electron chi connectivity index (χ4n) is 3.71. The Morgan fingerprint density at radius 2 is 2.00 bits per heavy atom. The van der Waals surface area contributed by atoms with E-state index in [1.165, 1.54) is 0 Å². The number of hydrogen-bond acceptors (Lipinski definition) is 5. The van der Waals surface area contributed by atoms with Gasteiger partial charge in [-0.15, -0.1) is 0 Å². The quantitative estimate of drug-likeness (QED) is 0.713. The summed E-state index contributed by atoms with van der Waals surface area (Å²) in [6.45, 7) is 2.88. The van der Waals surface area contributed by atoms with Gasteiger partial charge in [-0.2, -0.15) is 8.42 Å². The first-order valence-corrected chi connectivity index (χ1v) is 9.24. The number of aryl methyl sites for hydroxylation is 1. The molecule has 1 atom stereocenters. The molecule has 22 heavy (non-hydrogen) atoms. The molecule has 1 saturated heterocycles. The molecule has 3 heterocycles. The third kappa shape index (κ3) is 2.28. The van der Waals surface area contributed by atoms with Crippen molar-refractivity contribution in [3.05, 3.63) is 29.1 Å². The molecule has 2 aliphatic heterocycles. The van der Waals surface area contributed by atoms with Crippen LogP contribution in [0.25, 0.3) is 5.76 Å². The monoisotopic (exact) mass is 324 g/mol. The van der Waals surface area contributed by atoms with Crippen LogP contribution in [0, 0.1) is 0 Å². The topological polar surface area (TPSA) is 60.8 Å². The fourth-order valence-corrected chi connectivity index (χ4v) is 5.02. The lowest BCUT2D eigenvalue weighted by atomic mass is 9.90. The van der Waals surface area contributed by atoms with Gasteiger partial charge in [0.2, 0.25) is 0 Å². The molecule has 0 amide bonds. The van der Waals surface area contributed by atoms with E-state index in [0.717, 1.165) is 42.8 Å². The smallest absolute Gasteiger partial charge is 0.311 e. The van der Waals surface area contributed by atoms with Crippen molar-refractivity contribution >= 4 is 15.9 Å². The third-order valence-corrected chi connectivity index (χ3v) is 5.97. The maximum atomic E-state index is 12.3. The van der Waals surface area contributed by atoms with Gasteiger partial charge in [0.1, 0.15) is 5.75 Å². The lowest BCUT2D eigenvalue weighted by Crippen LogP contribution is -2.50. The average Bonchev–Trinajstić information content (AvgIpc) is 2.88. The molecular formula is C15H20N2O4S. The summed E-state index contributed by atoms with van der Waals surface area (Å²) >= 11 is 0. The summed E-state index contributed by atoms with van der Waals surface area (Å²) in [6.07, 6.45) is 3.76. The van der Waals surface area contributed by atoms with E-state index in [1.54, 1.807) is 0 Å². The molecule has 1 aromatic rings. The van der Waals surface area contributed by atoms with Crippen LogP contribution in [-0.2, 0) is 32.5 Å². The SMILES string of the molecule is Cn1ccc2c1CCC1=C2OS(=O)(=O)CC1N1CCOCC1. The molecule has 3 aliphatic rings. The van der Waals surface area contributed by atoms with Crippen molar-refractivity contribution in [1.29, 1.82) is 0 Å². The zero-order valence-electron chi connectivity index (χ0n) is 12.6. The van der Waals surface area contributed by atoms with Crippen LogP contribution in [0.4, 0.5) is 0 Å². The Bertz CT molecular complexity index is 729. The standard InChI is InChI=1S/C15H20N2O4S/c1-16-5-4-12-13(16)3-2-11-14(17-6-8-20-9-7-17)10-22(18,19)21-15(11)12/h4-5,14H,2-3,6-10H2,1H3. The van der Waals surface area contributed by atoms with Crippen molar-refractivity contribution in [1.82, 2.24) is 9.47 Å². The van der Waals surface area contributed by atoms with Gasteiger partial charge in [0.05, 0.1) is 19.3 Å². The van der Waals surface area contributed by atoms with E-state index >= 15 is 0 Å². The second kappa shape index (κ2) is 5.11. The highest BCUT2D eigenvalue weighted by Crippen LogP contribution is 2.40. The van der Waals surface area contributed by atoms with E-state index in [1.807, 2.05) is 23.9 Å². The van der Waals surface area contributed by atoms with Gasteiger partial charge in [0, 0.05) is 37.6 Å². The Kier molecular flexibility index (Phi) is 3.32. The summed E-state index contributed by atoms with van der Waals surface area (Å²) in [4.78, 5) is 2.23. The van der Waals surface area contributed by atoms with Crippen LogP contribution in [0.5, 0.6) is 0 Å². The summed E-state index contributed by atoms with van der Waals surface area (Å²) in [7, 11) is -1.55. The molecule has 1 aromatic heterocycles. The van der Waals surface area contributed by atoms with Crippen molar-refractivity contribution < 1.29 is 17.3 Å². The van der Waals surface area contributed by atoms with Crippen LogP contribution in [0.2, 0.25) is 0 Å². The summed E-state index contributed by atoms with van der Waals surface area (Å²) < 4.78 is 37.4. The second-order valence-electron chi connectivity index (χ2n) is 6.11. The largest absolute Gasteiger partial charge is 0.382 e.